The van der Waals surface area contributed by atoms with Crippen LogP contribution >= 0.6 is 0 Å². The van der Waals surface area contributed by atoms with Gasteiger partial charge in [0.15, 0.2) is 0 Å². The molecule has 0 spiro atoms. The first kappa shape index (κ1) is 15.3. The Labute approximate surface area is 129 Å². The van der Waals surface area contributed by atoms with Crippen molar-refractivity contribution in [1.82, 2.24) is 0 Å². The molecular weight excluding hydrogens is 274 g/mol. The largest absolute Gasteiger partial charge is 0.508 e. The maximum absolute atomic E-state index is 8.70. The Morgan fingerprint density at radius 3 is 1.00 bits per heavy atom. The second-order valence-corrected chi connectivity index (χ2v) is 4.84. The van der Waals surface area contributed by atoms with Crippen molar-refractivity contribution in [2.45, 2.75) is 0 Å². The summed E-state index contributed by atoms with van der Waals surface area (Å²) in [4.78, 5) is 0. The summed E-state index contributed by atoms with van der Waals surface area (Å²) in [5, 5.41) is 8.70. The summed E-state index contributed by atoms with van der Waals surface area (Å²) >= 11 is 0. The maximum Gasteiger partial charge on any atom is 0.115 e. The smallest absolute Gasteiger partial charge is 0.115 e. The SMILES string of the molecule is Nc1ccc(-c2ccc(N)cc2)cc1.Nc1ccc(O)cc1. The van der Waals surface area contributed by atoms with Crippen LogP contribution in [0.3, 0.4) is 0 Å². The normalized spacial score (nSPS) is 9.64. The Morgan fingerprint density at radius 2 is 0.727 bits per heavy atom. The van der Waals surface area contributed by atoms with Crippen LogP contribution in [0.4, 0.5) is 17.1 Å². The molecule has 0 unspecified atom stereocenters. The van der Waals surface area contributed by atoms with Gasteiger partial charge in [-0.25, -0.2) is 0 Å². The van der Waals surface area contributed by atoms with Gasteiger partial charge in [-0.2, -0.15) is 0 Å². The summed E-state index contributed by atoms with van der Waals surface area (Å²) in [7, 11) is 0. The zero-order chi connectivity index (χ0) is 15.9. The first-order valence-corrected chi connectivity index (χ1v) is 6.80. The number of anilines is 3. The third-order valence-corrected chi connectivity index (χ3v) is 3.05. The van der Waals surface area contributed by atoms with Crippen molar-refractivity contribution < 1.29 is 5.11 Å². The molecule has 4 nitrogen and oxygen atoms in total. The van der Waals surface area contributed by atoms with Crippen molar-refractivity contribution >= 4 is 17.1 Å². The first-order valence-electron chi connectivity index (χ1n) is 6.80. The number of phenols is 1. The molecule has 0 aliphatic carbocycles. The molecule has 0 aliphatic rings. The molecule has 0 aliphatic heterocycles. The lowest BCUT2D eigenvalue weighted by atomic mass is 10.1. The van der Waals surface area contributed by atoms with E-state index in [-0.39, 0.29) is 5.75 Å². The molecule has 0 saturated heterocycles. The van der Waals surface area contributed by atoms with E-state index in [9.17, 15) is 0 Å². The number of rotatable bonds is 1. The molecule has 0 heterocycles. The average Bonchev–Trinajstić information content (AvgIpc) is 2.53. The molecule has 7 N–H and O–H groups in total. The average molecular weight is 293 g/mol. The van der Waals surface area contributed by atoms with E-state index in [0.29, 0.717) is 5.69 Å². The van der Waals surface area contributed by atoms with Crippen LogP contribution in [0.15, 0.2) is 72.8 Å². The molecule has 4 heteroatoms. The van der Waals surface area contributed by atoms with E-state index in [2.05, 4.69) is 0 Å². The molecule has 0 bridgehead atoms. The molecule has 3 aromatic carbocycles. The van der Waals surface area contributed by atoms with Gasteiger partial charge in [0.05, 0.1) is 0 Å². The van der Waals surface area contributed by atoms with E-state index in [1.54, 1.807) is 24.3 Å². The van der Waals surface area contributed by atoms with Crippen LogP contribution in [0.5, 0.6) is 5.75 Å². The van der Waals surface area contributed by atoms with Gasteiger partial charge >= 0.3 is 0 Å². The van der Waals surface area contributed by atoms with Crippen LogP contribution in [0.25, 0.3) is 11.1 Å². The van der Waals surface area contributed by atoms with Crippen LogP contribution in [-0.2, 0) is 0 Å². The van der Waals surface area contributed by atoms with Crippen LogP contribution in [0.1, 0.15) is 0 Å². The molecule has 3 aromatic rings. The number of hydrogen-bond donors (Lipinski definition) is 4. The van der Waals surface area contributed by atoms with E-state index in [1.807, 2.05) is 48.5 Å². The van der Waals surface area contributed by atoms with Gasteiger partial charge in [0, 0.05) is 17.1 Å². The Morgan fingerprint density at radius 1 is 0.455 bits per heavy atom. The second-order valence-electron chi connectivity index (χ2n) is 4.84. The molecule has 0 fully saturated rings. The van der Waals surface area contributed by atoms with E-state index in [1.165, 1.54) is 0 Å². The lowest BCUT2D eigenvalue weighted by molar-refractivity contribution is 0.475. The number of nitrogens with two attached hydrogens (primary N) is 3. The van der Waals surface area contributed by atoms with Gasteiger partial charge in [0.1, 0.15) is 5.75 Å². The summed E-state index contributed by atoms with van der Waals surface area (Å²) in [5.41, 5.74) is 21.1. The highest BCUT2D eigenvalue weighted by Crippen LogP contribution is 2.21. The van der Waals surface area contributed by atoms with Crippen LogP contribution in [-0.4, -0.2) is 5.11 Å². The molecule has 0 amide bonds. The topological polar surface area (TPSA) is 98.3 Å². The van der Waals surface area contributed by atoms with Gasteiger partial charge in [-0.3, -0.25) is 0 Å². The van der Waals surface area contributed by atoms with Crippen molar-refractivity contribution in [3.63, 3.8) is 0 Å². The van der Waals surface area contributed by atoms with E-state index < -0.39 is 0 Å². The highest BCUT2D eigenvalue weighted by atomic mass is 16.3. The summed E-state index contributed by atoms with van der Waals surface area (Å²) in [6.45, 7) is 0. The maximum atomic E-state index is 8.70. The fraction of sp³-hybridized carbons (Fsp3) is 0. The highest BCUT2D eigenvalue weighted by molar-refractivity contribution is 5.67. The van der Waals surface area contributed by atoms with Crippen LogP contribution in [0, 0.1) is 0 Å². The van der Waals surface area contributed by atoms with Crippen molar-refractivity contribution in [2.24, 2.45) is 0 Å². The Kier molecular flexibility index (Phi) is 4.88. The summed E-state index contributed by atoms with van der Waals surface area (Å²) < 4.78 is 0. The number of aromatic hydroxyl groups is 1. The van der Waals surface area contributed by atoms with E-state index in [4.69, 9.17) is 22.3 Å². The fourth-order valence-corrected chi connectivity index (χ4v) is 1.83. The van der Waals surface area contributed by atoms with E-state index >= 15 is 0 Å². The number of nitrogen functional groups attached to an aromatic ring is 3. The summed E-state index contributed by atoms with van der Waals surface area (Å²) in [5.74, 6) is 0.249. The minimum atomic E-state index is 0.249. The van der Waals surface area contributed by atoms with Crippen molar-refractivity contribution in [2.75, 3.05) is 17.2 Å². The fourth-order valence-electron chi connectivity index (χ4n) is 1.83. The third-order valence-electron chi connectivity index (χ3n) is 3.05. The van der Waals surface area contributed by atoms with Crippen molar-refractivity contribution in [1.29, 1.82) is 0 Å². The molecule has 0 atom stereocenters. The molecule has 3 rings (SSSR count). The molecule has 0 radical (unpaired) electrons. The van der Waals surface area contributed by atoms with Crippen molar-refractivity contribution in [3.8, 4) is 16.9 Å². The van der Waals surface area contributed by atoms with Gasteiger partial charge in [-0.15, -0.1) is 0 Å². The predicted octanol–water partition coefficient (Wildman–Crippen LogP) is 3.49. The summed E-state index contributed by atoms with van der Waals surface area (Å²) in [6, 6.07) is 22.0. The quantitative estimate of drug-likeness (QED) is 0.407. The molecule has 112 valence electrons. The van der Waals surface area contributed by atoms with Gasteiger partial charge in [-0.05, 0) is 59.7 Å². The Balaban J connectivity index is 0.000000188. The van der Waals surface area contributed by atoms with Gasteiger partial charge in [0.2, 0.25) is 0 Å². The molecular formula is C18H19N3O. The highest BCUT2D eigenvalue weighted by Gasteiger charge is 1.95. The van der Waals surface area contributed by atoms with Gasteiger partial charge in [-0.1, -0.05) is 24.3 Å². The Bertz CT molecular complexity index is 640. The first-order chi connectivity index (χ1) is 10.5. The van der Waals surface area contributed by atoms with Crippen LogP contribution < -0.4 is 17.2 Å². The molecule has 0 aromatic heterocycles. The monoisotopic (exact) mass is 293 g/mol. The minimum absolute atomic E-state index is 0.249. The van der Waals surface area contributed by atoms with Crippen molar-refractivity contribution in [3.05, 3.63) is 72.8 Å². The van der Waals surface area contributed by atoms with E-state index in [0.717, 1.165) is 22.5 Å². The minimum Gasteiger partial charge on any atom is -0.508 e. The predicted molar refractivity (Wildman–Crippen MR) is 93.2 cm³/mol. The second kappa shape index (κ2) is 7.04. The standard InChI is InChI=1S/C12H12N2.C6H7NO/c13-11-5-1-9(2-6-11)10-3-7-12(14)8-4-10;7-5-1-3-6(8)4-2-5/h1-8H,13-14H2;1-4,8H,7H2. The zero-order valence-electron chi connectivity index (χ0n) is 12.1. The van der Waals surface area contributed by atoms with Crippen LogP contribution in [0.2, 0.25) is 0 Å². The third kappa shape index (κ3) is 4.45. The Hall–Kier alpha value is -3.14. The molecule has 22 heavy (non-hydrogen) atoms. The zero-order valence-corrected chi connectivity index (χ0v) is 12.1. The lowest BCUT2D eigenvalue weighted by Gasteiger charge is -2.02. The number of hydrogen-bond acceptors (Lipinski definition) is 4. The lowest BCUT2D eigenvalue weighted by Crippen LogP contribution is -1.85. The van der Waals surface area contributed by atoms with Gasteiger partial charge in [0.25, 0.3) is 0 Å². The van der Waals surface area contributed by atoms with Gasteiger partial charge < -0.3 is 22.3 Å². The molecule has 0 saturated carbocycles. The number of phenolic OH excluding ortho intramolecular Hbond substituents is 1. The summed E-state index contributed by atoms with van der Waals surface area (Å²) in [6.07, 6.45) is 0. The number of benzene rings is 3.